The van der Waals surface area contributed by atoms with Crippen molar-refractivity contribution >= 4 is 11.4 Å². The van der Waals surface area contributed by atoms with Crippen molar-refractivity contribution in [2.24, 2.45) is 0 Å². The Balaban J connectivity index is 2.96. The van der Waals surface area contributed by atoms with Crippen LogP contribution in [0.25, 0.3) is 0 Å². The molecule has 148 valence electrons. The summed E-state index contributed by atoms with van der Waals surface area (Å²) in [6, 6.07) is 2.95. The molecule has 11 heteroatoms. The van der Waals surface area contributed by atoms with E-state index < -0.39 is 46.3 Å². The highest BCUT2D eigenvalue weighted by atomic mass is 19.4. The van der Waals surface area contributed by atoms with Crippen LogP contribution in [0.3, 0.4) is 0 Å². The summed E-state index contributed by atoms with van der Waals surface area (Å²) in [6.07, 6.45) is -17.3. The Kier molecular flexibility index (Phi) is 4.79. The van der Waals surface area contributed by atoms with Gasteiger partial charge in [-0.2, -0.15) is 39.5 Å². The number of rotatable bonds is 2. The van der Waals surface area contributed by atoms with E-state index in [-0.39, 0.29) is 17.8 Å². The molecule has 0 amide bonds. The van der Waals surface area contributed by atoms with E-state index in [0.29, 0.717) is 18.2 Å². The summed E-state index contributed by atoms with van der Waals surface area (Å²) in [5, 5.41) is 0. The third-order valence-corrected chi connectivity index (χ3v) is 3.99. The standard InChI is InChI=1S/C16H11F9N2/c17-14(18,19)11-7-9(3-6-12(11)27)13(15(20,21)22,16(23,24)25)8-1-4-10(26)5-2-8/h1-7H,26-27H2. The van der Waals surface area contributed by atoms with Gasteiger partial charge in [0.05, 0.1) is 5.56 Å². The molecule has 0 aliphatic carbocycles. The van der Waals surface area contributed by atoms with Gasteiger partial charge in [0.25, 0.3) is 0 Å². The Morgan fingerprint density at radius 2 is 1.04 bits per heavy atom. The van der Waals surface area contributed by atoms with E-state index in [1.807, 2.05) is 0 Å². The molecule has 0 radical (unpaired) electrons. The quantitative estimate of drug-likeness (QED) is 0.531. The maximum absolute atomic E-state index is 13.8. The van der Waals surface area contributed by atoms with Crippen LogP contribution >= 0.6 is 0 Å². The summed E-state index contributed by atoms with van der Waals surface area (Å²) < 4.78 is 122. The van der Waals surface area contributed by atoms with Crippen molar-refractivity contribution in [3.63, 3.8) is 0 Å². The fraction of sp³-hybridized carbons (Fsp3) is 0.250. The van der Waals surface area contributed by atoms with Crippen molar-refractivity contribution in [2.45, 2.75) is 23.9 Å². The predicted molar refractivity (Wildman–Crippen MR) is 79.6 cm³/mol. The zero-order valence-corrected chi connectivity index (χ0v) is 13.1. The topological polar surface area (TPSA) is 52.0 Å². The molecular weight excluding hydrogens is 391 g/mol. The number of anilines is 2. The van der Waals surface area contributed by atoms with Crippen LogP contribution in [0.4, 0.5) is 50.9 Å². The first-order valence-electron chi connectivity index (χ1n) is 7.09. The van der Waals surface area contributed by atoms with E-state index in [1.54, 1.807) is 0 Å². The lowest BCUT2D eigenvalue weighted by Crippen LogP contribution is -2.54. The lowest BCUT2D eigenvalue weighted by Gasteiger charge is -2.38. The van der Waals surface area contributed by atoms with Gasteiger partial charge in [0.2, 0.25) is 5.41 Å². The van der Waals surface area contributed by atoms with E-state index in [0.717, 1.165) is 12.1 Å². The Hall–Kier alpha value is -2.59. The maximum atomic E-state index is 13.8. The molecule has 2 nitrogen and oxygen atoms in total. The molecule has 2 aromatic rings. The van der Waals surface area contributed by atoms with Crippen LogP contribution in [0.2, 0.25) is 0 Å². The monoisotopic (exact) mass is 402 g/mol. The van der Waals surface area contributed by atoms with E-state index in [1.165, 1.54) is 0 Å². The Morgan fingerprint density at radius 3 is 1.44 bits per heavy atom. The van der Waals surface area contributed by atoms with Gasteiger partial charge in [-0.3, -0.25) is 0 Å². The van der Waals surface area contributed by atoms with E-state index in [2.05, 4.69) is 0 Å². The second-order valence-corrected chi connectivity index (χ2v) is 5.67. The molecular formula is C16H11F9N2. The van der Waals surface area contributed by atoms with E-state index in [4.69, 9.17) is 11.5 Å². The molecule has 0 bridgehead atoms. The van der Waals surface area contributed by atoms with Gasteiger partial charge in [0, 0.05) is 11.4 Å². The van der Waals surface area contributed by atoms with Crippen molar-refractivity contribution in [3.8, 4) is 0 Å². The molecule has 0 aliphatic rings. The molecule has 0 saturated carbocycles. The molecule has 0 saturated heterocycles. The molecule has 0 unspecified atom stereocenters. The third kappa shape index (κ3) is 3.37. The fourth-order valence-corrected chi connectivity index (χ4v) is 2.75. The normalized spacial score (nSPS) is 13.7. The second-order valence-electron chi connectivity index (χ2n) is 5.67. The molecule has 4 N–H and O–H groups in total. The zero-order chi connectivity index (χ0) is 20.8. The predicted octanol–water partition coefficient (Wildman–Crippen LogP) is 5.28. The molecule has 2 rings (SSSR count). The molecule has 0 aromatic heterocycles. The average molecular weight is 402 g/mol. The number of benzene rings is 2. The Labute approximate surface area is 146 Å². The molecule has 27 heavy (non-hydrogen) atoms. The van der Waals surface area contributed by atoms with Gasteiger partial charge >= 0.3 is 18.5 Å². The highest BCUT2D eigenvalue weighted by Gasteiger charge is 2.72. The van der Waals surface area contributed by atoms with E-state index in [9.17, 15) is 39.5 Å². The lowest BCUT2D eigenvalue weighted by molar-refractivity contribution is -0.288. The molecule has 0 aliphatic heterocycles. The van der Waals surface area contributed by atoms with Gasteiger partial charge in [0.1, 0.15) is 0 Å². The van der Waals surface area contributed by atoms with Crippen molar-refractivity contribution in [1.82, 2.24) is 0 Å². The zero-order valence-electron chi connectivity index (χ0n) is 13.1. The fourth-order valence-electron chi connectivity index (χ4n) is 2.75. The van der Waals surface area contributed by atoms with Gasteiger partial charge in [-0.05, 0) is 35.4 Å². The first kappa shape index (κ1) is 20.7. The van der Waals surface area contributed by atoms with Gasteiger partial charge in [0.15, 0.2) is 0 Å². The van der Waals surface area contributed by atoms with Crippen LogP contribution in [0.15, 0.2) is 42.5 Å². The van der Waals surface area contributed by atoms with Crippen LogP contribution in [-0.4, -0.2) is 12.4 Å². The van der Waals surface area contributed by atoms with Crippen LogP contribution in [0.5, 0.6) is 0 Å². The molecule has 0 atom stereocenters. The Bertz CT molecular complexity index is 804. The number of nitrogen functional groups attached to an aromatic ring is 2. The molecule has 0 fully saturated rings. The summed E-state index contributed by atoms with van der Waals surface area (Å²) in [6.45, 7) is 0. The lowest BCUT2D eigenvalue weighted by atomic mass is 9.72. The van der Waals surface area contributed by atoms with Crippen LogP contribution in [0, 0.1) is 0 Å². The first-order chi connectivity index (χ1) is 12.1. The second kappa shape index (κ2) is 6.24. The van der Waals surface area contributed by atoms with Crippen LogP contribution in [0.1, 0.15) is 16.7 Å². The SMILES string of the molecule is Nc1ccc(C(c2ccc(N)c(C(F)(F)F)c2)(C(F)(F)F)C(F)(F)F)cc1. The largest absolute Gasteiger partial charge is 0.418 e. The summed E-state index contributed by atoms with van der Waals surface area (Å²) in [7, 11) is 0. The Morgan fingerprint density at radius 1 is 0.593 bits per heavy atom. The smallest absolute Gasteiger partial charge is 0.399 e. The summed E-state index contributed by atoms with van der Waals surface area (Å²) >= 11 is 0. The summed E-state index contributed by atoms with van der Waals surface area (Å²) in [4.78, 5) is 0. The minimum Gasteiger partial charge on any atom is -0.399 e. The average Bonchev–Trinajstić information content (AvgIpc) is 2.47. The third-order valence-electron chi connectivity index (χ3n) is 3.99. The van der Waals surface area contributed by atoms with Gasteiger partial charge in [-0.1, -0.05) is 18.2 Å². The highest BCUT2D eigenvalue weighted by Crippen LogP contribution is 2.57. The molecule has 2 aromatic carbocycles. The number of nitrogens with two attached hydrogens (primary N) is 2. The number of hydrogen-bond acceptors (Lipinski definition) is 2. The minimum absolute atomic E-state index is 0.120. The summed E-state index contributed by atoms with van der Waals surface area (Å²) in [5.74, 6) is 0. The minimum atomic E-state index is -6.01. The van der Waals surface area contributed by atoms with Crippen molar-refractivity contribution < 1.29 is 39.5 Å². The molecule has 0 heterocycles. The van der Waals surface area contributed by atoms with Crippen molar-refractivity contribution in [3.05, 3.63) is 59.2 Å². The number of hydrogen-bond donors (Lipinski definition) is 2. The van der Waals surface area contributed by atoms with Crippen LogP contribution < -0.4 is 11.5 Å². The summed E-state index contributed by atoms with van der Waals surface area (Å²) in [5.41, 5.74) is -0.210. The van der Waals surface area contributed by atoms with Crippen molar-refractivity contribution in [2.75, 3.05) is 11.5 Å². The van der Waals surface area contributed by atoms with Gasteiger partial charge in [-0.15, -0.1) is 0 Å². The van der Waals surface area contributed by atoms with Gasteiger partial charge in [-0.25, -0.2) is 0 Å². The molecule has 0 spiro atoms. The number of alkyl halides is 9. The maximum Gasteiger partial charge on any atom is 0.418 e. The van der Waals surface area contributed by atoms with Crippen molar-refractivity contribution in [1.29, 1.82) is 0 Å². The number of halogens is 9. The van der Waals surface area contributed by atoms with Gasteiger partial charge < -0.3 is 11.5 Å². The van der Waals surface area contributed by atoms with Crippen LogP contribution in [-0.2, 0) is 11.6 Å². The first-order valence-corrected chi connectivity index (χ1v) is 7.09. The van der Waals surface area contributed by atoms with E-state index >= 15 is 0 Å². The highest BCUT2D eigenvalue weighted by molar-refractivity contribution is 5.56.